The number of hydrogen-bond acceptors (Lipinski definition) is 4. The van der Waals surface area contributed by atoms with Crippen LogP contribution in [0.2, 0.25) is 0 Å². The van der Waals surface area contributed by atoms with E-state index in [1.165, 1.54) is 11.5 Å². The summed E-state index contributed by atoms with van der Waals surface area (Å²) in [6, 6.07) is 0. The molecule has 0 aromatic carbocycles. The van der Waals surface area contributed by atoms with Crippen LogP contribution in [-0.4, -0.2) is 61.6 Å². The van der Waals surface area contributed by atoms with Crippen molar-refractivity contribution in [2.75, 3.05) is 50.8 Å². The molecule has 0 saturated carbocycles. The van der Waals surface area contributed by atoms with E-state index in [9.17, 15) is 4.79 Å². The van der Waals surface area contributed by atoms with Gasteiger partial charge in [0.25, 0.3) is 0 Å². The fourth-order valence-corrected chi connectivity index (χ4v) is 2.60. The van der Waals surface area contributed by atoms with E-state index in [2.05, 4.69) is 22.5 Å². The summed E-state index contributed by atoms with van der Waals surface area (Å²) in [6.07, 6.45) is 1.07. The molecule has 0 unspecified atom stereocenters. The molecule has 1 saturated heterocycles. The van der Waals surface area contributed by atoms with Crippen molar-refractivity contribution in [3.8, 4) is 0 Å². The topological polar surface area (TPSA) is 44.4 Å². The number of rotatable bonds is 7. The molecule has 0 aromatic rings. The van der Waals surface area contributed by atoms with Gasteiger partial charge in [-0.05, 0) is 13.0 Å². The van der Waals surface area contributed by atoms with Crippen LogP contribution in [0.3, 0.4) is 0 Å². The minimum Gasteiger partial charge on any atom is -0.354 e. The number of carbonyl (C=O) groups is 1. The first-order chi connectivity index (χ1) is 7.83. The van der Waals surface area contributed by atoms with Crippen LogP contribution in [0.15, 0.2) is 0 Å². The van der Waals surface area contributed by atoms with Crippen molar-refractivity contribution < 1.29 is 4.79 Å². The second-order valence-corrected chi connectivity index (χ2v) is 5.21. The zero-order valence-electron chi connectivity index (χ0n) is 10.1. The number of hydrogen-bond donors (Lipinski definition) is 2. The van der Waals surface area contributed by atoms with Crippen LogP contribution in [0.4, 0.5) is 0 Å². The lowest BCUT2D eigenvalue weighted by Crippen LogP contribution is -2.41. The fourth-order valence-electron chi connectivity index (χ4n) is 1.62. The standard InChI is InChI=1S/C11H23N3OS/c1-2-3-12-10-11(15)13-4-5-14-6-8-16-9-7-14/h12H,2-10H2,1H3,(H,13,15). The van der Waals surface area contributed by atoms with Crippen LogP contribution in [0.25, 0.3) is 0 Å². The number of thioether (sulfide) groups is 1. The van der Waals surface area contributed by atoms with Gasteiger partial charge < -0.3 is 10.6 Å². The van der Waals surface area contributed by atoms with Gasteiger partial charge in [-0.25, -0.2) is 0 Å². The average molecular weight is 245 g/mol. The van der Waals surface area contributed by atoms with Gasteiger partial charge in [-0.2, -0.15) is 11.8 Å². The molecule has 5 heteroatoms. The van der Waals surface area contributed by atoms with Gasteiger partial charge in [0.15, 0.2) is 0 Å². The smallest absolute Gasteiger partial charge is 0.234 e. The molecule has 94 valence electrons. The number of nitrogens with zero attached hydrogens (tertiary/aromatic N) is 1. The third-order valence-electron chi connectivity index (χ3n) is 2.57. The van der Waals surface area contributed by atoms with E-state index in [1.54, 1.807) is 0 Å². The van der Waals surface area contributed by atoms with E-state index < -0.39 is 0 Å². The normalized spacial score (nSPS) is 17.3. The largest absolute Gasteiger partial charge is 0.354 e. The summed E-state index contributed by atoms with van der Waals surface area (Å²) in [5, 5.41) is 6.03. The van der Waals surface area contributed by atoms with Crippen molar-refractivity contribution in [3.63, 3.8) is 0 Å². The SMILES string of the molecule is CCCNCC(=O)NCCN1CCSCC1. The van der Waals surface area contributed by atoms with E-state index in [0.717, 1.165) is 39.1 Å². The Labute approximate surface area is 103 Å². The summed E-state index contributed by atoms with van der Waals surface area (Å²) >= 11 is 2.01. The van der Waals surface area contributed by atoms with Gasteiger partial charge in [0.2, 0.25) is 5.91 Å². The van der Waals surface area contributed by atoms with Crippen molar-refractivity contribution in [1.29, 1.82) is 0 Å². The van der Waals surface area contributed by atoms with Gasteiger partial charge in [0, 0.05) is 37.7 Å². The van der Waals surface area contributed by atoms with E-state index in [4.69, 9.17) is 0 Å². The van der Waals surface area contributed by atoms with Crippen LogP contribution >= 0.6 is 11.8 Å². The van der Waals surface area contributed by atoms with Crippen molar-refractivity contribution in [1.82, 2.24) is 15.5 Å². The Bertz CT molecular complexity index is 196. The minimum atomic E-state index is 0.111. The molecule has 0 bridgehead atoms. The average Bonchev–Trinajstić information content (AvgIpc) is 2.31. The highest BCUT2D eigenvalue weighted by atomic mass is 32.2. The zero-order chi connectivity index (χ0) is 11.6. The van der Waals surface area contributed by atoms with Crippen molar-refractivity contribution in [2.45, 2.75) is 13.3 Å². The molecule has 0 aliphatic carbocycles. The van der Waals surface area contributed by atoms with Crippen LogP contribution in [0.1, 0.15) is 13.3 Å². The van der Waals surface area contributed by atoms with Gasteiger partial charge in [-0.1, -0.05) is 6.92 Å². The number of nitrogens with one attached hydrogen (secondary N) is 2. The Kier molecular flexibility index (Phi) is 7.63. The van der Waals surface area contributed by atoms with Crippen molar-refractivity contribution in [3.05, 3.63) is 0 Å². The second kappa shape index (κ2) is 8.84. The maximum absolute atomic E-state index is 11.4. The van der Waals surface area contributed by atoms with E-state index >= 15 is 0 Å². The van der Waals surface area contributed by atoms with E-state index in [0.29, 0.717) is 6.54 Å². The maximum Gasteiger partial charge on any atom is 0.234 e. The summed E-state index contributed by atoms with van der Waals surface area (Å²) in [4.78, 5) is 13.8. The van der Waals surface area contributed by atoms with E-state index in [1.807, 2.05) is 11.8 Å². The maximum atomic E-state index is 11.4. The highest BCUT2D eigenvalue weighted by molar-refractivity contribution is 7.99. The van der Waals surface area contributed by atoms with Gasteiger partial charge >= 0.3 is 0 Å². The molecule has 2 N–H and O–H groups in total. The molecule has 1 rings (SSSR count). The number of amides is 1. The first-order valence-electron chi connectivity index (χ1n) is 6.10. The molecule has 0 atom stereocenters. The highest BCUT2D eigenvalue weighted by Gasteiger charge is 2.09. The second-order valence-electron chi connectivity index (χ2n) is 3.98. The summed E-state index contributed by atoms with van der Waals surface area (Å²) in [5.41, 5.74) is 0. The summed E-state index contributed by atoms with van der Waals surface area (Å²) < 4.78 is 0. The molecule has 1 aliphatic rings. The predicted molar refractivity (Wildman–Crippen MR) is 69.9 cm³/mol. The summed E-state index contributed by atoms with van der Waals surface area (Å²) in [6.45, 7) is 7.54. The lowest BCUT2D eigenvalue weighted by molar-refractivity contribution is -0.120. The minimum absolute atomic E-state index is 0.111. The van der Waals surface area contributed by atoms with Crippen molar-refractivity contribution in [2.24, 2.45) is 0 Å². The van der Waals surface area contributed by atoms with Crippen LogP contribution < -0.4 is 10.6 Å². The Morgan fingerprint density at radius 3 is 2.75 bits per heavy atom. The molecule has 1 fully saturated rings. The monoisotopic (exact) mass is 245 g/mol. The fraction of sp³-hybridized carbons (Fsp3) is 0.909. The predicted octanol–water partition coefficient (Wildman–Crippen LogP) is 0.151. The Morgan fingerprint density at radius 2 is 2.06 bits per heavy atom. The molecule has 1 aliphatic heterocycles. The first-order valence-corrected chi connectivity index (χ1v) is 7.26. The Balaban J connectivity index is 1.94. The lowest BCUT2D eigenvalue weighted by Gasteiger charge is -2.25. The molecule has 1 heterocycles. The van der Waals surface area contributed by atoms with Crippen LogP contribution in [0, 0.1) is 0 Å². The molecule has 16 heavy (non-hydrogen) atoms. The Hall–Kier alpha value is -0.260. The number of carbonyl (C=O) groups excluding carboxylic acids is 1. The molecule has 4 nitrogen and oxygen atoms in total. The zero-order valence-corrected chi connectivity index (χ0v) is 10.9. The molecule has 0 radical (unpaired) electrons. The van der Waals surface area contributed by atoms with Gasteiger partial charge in [0.1, 0.15) is 0 Å². The summed E-state index contributed by atoms with van der Waals surface area (Å²) in [7, 11) is 0. The molecular weight excluding hydrogens is 222 g/mol. The van der Waals surface area contributed by atoms with Gasteiger partial charge in [0.05, 0.1) is 6.54 Å². The molecule has 1 amide bonds. The molecular formula is C11H23N3OS. The Morgan fingerprint density at radius 1 is 1.31 bits per heavy atom. The lowest BCUT2D eigenvalue weighted by atomic mass is 10.4. The molecule has 0 aromatic heterocycles. The third kappa shape index (κ3) is 6.35. The van der Waals surface area contributed by atoms with Crippen molar-refractivity contribution >= 4 is 17.7 Å². The van der Waals surface area contributed by atoms with Crippen LogP contribution in [-0.2, 0) is 4.79 Å². The third-order valence-corrected chi connectivity index (χ3v) is 3.51. The van der Waals surface area contributed by atoms with Crippen LogP contribution in [0.5, 0.6) is 0 Å². The van der Waals surface area contributed by atoms with E-state index in [-0.39, 0.29) is 5.91 Å². The quantitative estimate of drug-likeness (QED) is 0.627. The highest BCUT2D eigenvalue weighted by Crippen LogP contribution is 2.07. The van der Waals surface area contributed by atoms with Gasteiger partial charge in [-0.3, -0.25) is 9.69 Å². The molecule has 0 spiro atoms. The van der Waals surface area contributed by atoms with Gasteiger partial charge in [-0.15, -0.1) is 0 Å². The first kappa shape index (κ1) is 13.8. The summed E-state index contributed by atoms with van der Waals surface area (Å²) in [5.74, 6) is 2.57.